The Balaban J connectivity index is 1.40. The number of aryl methyl sites for hydroxylation is 2. The minimum atomic E-state index is 0.345. The van der Waals surface area contributed by atoms with Gasteiger partial charge in [0.1, 0.15) is 0 Å². The van der Waals surface area contributed by atoms with Crippen LogP contribution in [0.2, 0.25) is 0 Å². The summed E-state index contributed by atoms with van der Waals surface area (Å²) in [5, 5.41) is 9.76. The van der Waals surface area contributed by atoms with Gasteiger partial charge < -0.3 is 15.6 Å². The minimum absolute atomic E-state index is 0.345. The molecule has 2 aromatic heterocycles. The highest BCUT2D eigenvalue weighted by Gasteiger charge is 2.25. The monoisotopic (exact) mass is 523 g/mol. The van der Waals surface area contributed by atoms with Crippen LogP contribution in [0.4, 0.5) is 0 Å². The average Bonchev–Trinajstić information content (AvgIpc) is 3.56. The van der Waals surface area contributed by atoms with E-state index in [1.165, 1.54) is 78.1 Å². The number of hydrogen-bond acceptors (Lipinski definition) is 3. The predicted molar refractivity (Wildman–Crippen MR) is 162 cm³/mol. The third-order valence-corrected chi connectivity index (χ3v) is 9.41. The zero-order valence-corrected chi connectivity index (χ0v) is 23.8. The zero-order valence-electron chi connectivity index (χ0n) is 23.8. The first-order valence-corrected chi connectivity index (χ1v) is 15.2. The first-order valence-electron chi connectivity index (χ1n) is 15.2. The van der Waals surface area contributed by atoms with Gasteiger partial charge in [0.15, 0.2) is 0 Å². The second kappa shape index (κ2) is 11.7. The van der Waals surface area contributed by atoms with Crippen molar-refractivity contribution in [3.8, 4) is 11.3 Å². The lowest BCUT2D eigenvalue weighted by atomic mass is 9.86. The molecule has 1 atom stereocenters. The van der Waals surface area contributed by atoms with Gasteiger partial charge in [-0.05, 0) is 87.7 Å². The molecule has 4 aromatic rings. The van der Waals surface area contributed by atoms with Crippen LogP contribution in [0.25, 0.3) is 22.2 Å². The van der Waals surface area contributed by atoms with Gasteiger partial charge in [-0.3, -0.25) is 4.68 Å². The Morgan fingerprint density at radius 2 is 1.79 bits per heavy atom. The van der Waals surface area contributed by atoms with Crippen LogP contribution < -0.4 is 11.1 Å². The molecule has 5 heteroatoms. The van der Waals surface area contributed by atoms with E-state index in [0.717, 1.165) is 31.5 Å². The molecule has 1 unspecified atom stereocenters. The van der Waals surface area contributed by atoms with E-state index in [4.69, 9.17) is 5.73 Å². The molecule has 6 rings (SSSR count). The molecule has 0 radical (unpaired) electrons. The summed E-state index contributed by atoms with van der Waals surface area (Å²) in [7, 11) is 2.03. The maximum atomic E-state index is 6.18. The van der Waals surface area contributed by atoms with Crippen LogP contribution in [0.5, 0.6) is 0 Å². The first-order chi connectivity index (χ1) is 19.1. The summed E-state index contributed by atoms with van der Waals surface area (Å²) in [6.07, 6.45) is 16.8. The number of benzene rings is 2. The maximum Gasteiger partial charge on any atom is 0.0679 e. The van der Waals surface area contributed by atoms with E-state index in [0.29, 0.717) is 24.0 Å². The third-order valence-electron chi connectivity index (χ3n) is 9.41. The molecule has 39 heavy (non-hydrogen) atoms. The Bertz CT molecular complexity index is 1380. The highest BCUT2D eigenvalue weighted by atomic mass is 15.3. The minimum Gasteiger partial charge on any atom is -0.344 e. The Hall–Kier alpha value is -2.89. The van der Waals surface area contributed by atoms with Crippen molar-refractivity contribution >= 4 is 10.9 Å². The van der Waals surface area contributed by atoms with E-state index < -0.39 is 0 Å². The predicted octanol–water partition coefficient (Wildman–Crippen LogP) is 7.24. The first kappa shape index (κ1) is 26.3. The summed E-state index contributed by atoms with van der Waals surface area (Å²) in [6.45, 7) is 3.24. The Morgan fingerprint density at radius 3 is 2.54 bits per heavy atom. The molecule has 0 spiro atoms. The van der Waals surface area contributed by atoms with Gasteiger partial charge in [-0.15, -0.1) is 0 Å². The molecule has 2 saturated carbocycles. The molecule has 2 fully saturated rings. The molecule has 2 aliphatic rings. The lowest BCUT2D eigenvalue weighted by Crippen LogP contribution is -2.38. The summed E-state index contributed by atoms with van der Waals surface area (Å²) in [6, 6.07) is 20.0. The van der Waals surface area contributed by atoms with Gasteiger partial charge in [0.2, 0.25) is 0 Å². The Labute approximate surface area is 233 Å². The molecule has 0 amide bonds. The van der Waals surface area contributed by atoms with Crippen LogP contribution in [-0.2, 0) is 7.05 Å². The number of nitrogens with two attached hydrogens (primary N) is 1. The number of hydrogen-bond donors (Lipinski definition) is 2. The highest BCUT2D eigenvalue weighted by molar-refractivity contribution is 5.89. The second-order valence-electron chi connectivity index (χ2n) is 12.2. The van der Waals surface area contributed by atoms with Crippen molar-refractivity contribution in [3.63, 3.8) is 0 Å². The maximum absolute atomic E-state index is 6.18. The quantitative estimate of drug-likeness (QED) is 0.256. The smallest absolute Gasteiger partial charge is 0.0679 e. The van der Waals surface area contributed by atoms with E-state index >= 15 is 0 Å². The van der Waals surface area contributed by atoms with Crippen molar-refractivity contribution in [2.24, 2.45) is 12.8 Å². The summed E-state index contributed by atoms with van der Waals surface area (Å²) in [4.78, 5) is 0. The van der Waals surface area contributed by atoms with Crippen LogP contribution in [0.3, 0.4) is 0 Å². The lowest BCUT2D eigenvalue weighted by molar-refractivity contribution is 0.340. The van der Waals surface area contributed by atoms with Crippen molar-refractivity contribution in [1.82, 2.24) is 19.7 Å². The van der Waals surface area contributed by atoms with Crippen LogP contribution in [-0.4, -0.2) is 33.0 Å². The van der Waals surface area contributed by atoms with E-state index in [9.17, 15) is 0 Å². The standard InChI is InChI=1S/C34H45N5/c1-24-7-6-8-25(21-24)30(17-19-36-28-14-12-27(35)13-15-28)32-23-39(29-9-4-3-5-10-29)34-16-11-26(22-31(32)34)33-18-20-37-38(33)2/h6-8,11,16,18,20-23,27-30,36H,3-5,9-10,12-15,17,19,35H2,1-2H3/t27-,28-,30?. The molecule has 2 aromatic carbocycles. The van der Waals surface area contributed by atoms with Crippen LogP contribution in [0.1, 0.15) is 92.9 Å². The fourth-order valence-electron chi connectivity index (χ4n) is 7.18. The number of fused-ring (bicyclic) bond motifs is 1. The average molecular weight is 524 g/mol. The Morgan fingerprint density at radius 1 is 0.974 bits per heavy atom. The van der Waals surface area contributed by atoms with Crippen molar-refractivity contribution < 1.29 is 0 Å². The molecule has 2 aliphatic carbocycles. The summed E-state index contributed by atoms with van der Waals surface area (Å²) in [5.41, 5.74) is 14.2. The fraction of sp³-hybridized carbons (Fsp3) is 0.500. The topological polar surface area (TPSA) is 60.8 Å². The number of aromatic nitrogens is 3. The largest absolute Gasteiger partial charge is 0.344 e. The van der Waals surface area contributed by atoms with Gasteiger partial charge in [-0.1, -0.05) is 55.2 Å². The third kappa shape index (κ3) is 5.71. The lowest BCUT2D eigenvalue weighted by Gasteiger charge is -2.28. The van der Waals surface area contributed by atoms with Crippen molar-refractivity contribution in [2.45, 2.75) is 95.2 Å². The number of nitrogens with one attached hydrogen (secondary N) is 1. The van der Waals surface area contributed by atoms with E-state index in [1.807, 2.05) is 17.9 Å². The zero-order chi connectivity index (χ0) is 26.8. The molecule has 206 valence electrons. The molecule has 2 heterocycles. The summed E-state index contributed by atoms with van der Waals surface area (Å²) in [5.74, 6) is 0.345. The molecule has 0 aliphatic heterocycles. The van der Waals surface area contributed by atoms with E-state index in [1.54, 1.807) is 0 Å². The molecule has 0 saturated heterocycles. The molecular weight excluding hydrogens is 478 g/mol. The van der Waals surface area contributed by atoms with Gasteiger partial charge in [0.25, 0.3) is 0 Å². The van der Waals surface area contributed by atoms with Crippen LogP contribution in [0.15, 0.2) is 60.9 Å². The van der Waals surface area contributed by atoms with Gasteiger partial charge in [0, 0.05) is 60.0 Å². The summed E-state index contributed by atoms with van der Waals surface area (Å²) < 4.78 is 4.62. The molecule has 3 N–H and O–H groups in total. The van der Waals surface area contributed by atoms with Gasteiger partial charge in [-0.2, -0.15) is 5.10 Å². The van der Waals surface area contributed by atoms with Crippen LogP contribution >= 0.6 is 0 Å². The number of nitrogens with zero attached hydrogens (tertiary/aromatic N) is 3. The summed E-state index contributed by atoms with van der Waals surface area (Å²) >= 11 is 0. The van der Waals surface area contributed by atoms with Crippen LogP contribution in [0, 0.1) is 6.92 Å². The van der Waals surface area contributed by atoms with E-state index in [-0.39, 0.29) is 0 Å². The molecule has 0 bridgehead atoms. The van der Waals surface area contributed by atoms with Crippen molar-refractivity contribution in [3.05, 3.63) is 77.6 Å². The molecular formula is C34H45N5. The van der Waals surface area contributed by atoms with Gasteiger partial charge in [-0.25, -0.2) is 0 Å². The fourth-order valence-corrected chi connectivity index (χ4v) is 7.18. The van der Waals surface area contributed by atoms with E-state index in [2.05, 4.69) is 76.6 Å². The number of rotatable bonds is 8. The Kier molecular flexibility index (Phi) is 7.90. The normalized spacial score (nSPS) is 21.4. The molecule has 5 nitrogen and oxygen atoms in total. The highest BCUT2D eigenvalue weighted by Crippen LogP contribution is 2.40. The second-order valence-corrected chi connectivity index (χ2v) is 12.2. The van der Waals surface area contributed by atoms with Crippen molar-refractivity contribution in [1.29, 1.82) is 0 Å². The SMILES string of the molecule is Cc1cccc(C(CCN[C@H]2CC[C@H](N)CC2)c2cn(C3CCCCC3)c3ccc(-c4ccnn4C)cc23)c1. The van der Waals surface area contributed by atoms with Crippen molar-refractivity contribution in [2.75, 3.05) is 6.54 Å². The van der Waals surface area contributed by atoms with Gasteiger partial charge >= 0.3 is 0 Å². The van der Waals surface area contributed by atoms with Gasteiger partial charge in [0.05, 0.1) is 5.69 Å².